The van der Waals surface area contributed by atoms with Crippen LogP contribution in [-0.2, 0) is 0 Å². The molecule has 0 saturated heterocycles. The van der Waals surface area contributed by atoms with E-state index in [0.717, 1.165) is 21.5 Å². The Morgan fingerprint density at radius 2 is 1.88 bits per heavy atom. The molecule has 4 heteroatoms. The van der Waals surface area contributed by atoms with Gasteiger partial charge in [0.25, 0.3) is 0 Å². The summed E-state index contributed by atoms with van der Waals surface area (Å²) in [4.78, 5) is 0. The lowest BCUT2D eigenvalue weighted by Gasteiger charge is -2.05. The lowest BCUT2D eigenvalue weighted by atomic mass is 10.2. The van der Waals surface area contributed by atoms with Gasteiger partial charge in [-0.15, -0.1) is 5.10 Å². The topological polar surface area (TPSA) is 35.0 Å². The van der Waals surface area contributed by atoms with E-state index in [1.54, 1.807) is 6.07 Å². The van der Waals surface area contributed by atoms with Crippen LogP contribution in [0.15, 0.2) is 34.8 Å². The van der Waals surface area contributed by atoms with Crippen LogP contribution >= 0.6 is 15.9 Å². The molecular weight excluding hydrogens is 268 g/mol. The Labute approximate surface area is 103 Å². The van der Waals surface area contributed by atoms with Crippen LogP contribution in [0.1, 0.15) is 11.3 Å². The van der Waals surface area contributed by atoms with Crippen LogP contribution in [0.5, 0.6) is 11.6 Å². The summed E-state index contributed by atoms with van der Waals surface area (Å²) >= 11 is 3.44. The van der Waals surface area contributed by atoms with Crippen LogP contribution in [-0.4, -0.2) is 10.2 Å². The number of nitrogens with zero attached hydrogens (tertiary/aromatic N) is 2. The molecule has 0 bridgehead atoms. The van der Waals surface area contributed by atoms with Crippen molar-refractivity contribution >= 4 is 15.9 Å². The minimum absolute atomic E-state index is 0.507. The third-order valence-corrected chi connectivity index (χ3v) is 3.01. The Bertz CT molecular complexity index is 497. The number of hydrogen-bond donors (Lipinski definition) is 0. The monoisotopic (exact) mass is 278 g/mol. The maximum Gasteiger partial charge on any atom is 0.238 e. The second-order valence-corrected chi connectivity index (χ2v) is 4.38. The van der Waals surface area contributed by atoms with Gasteiger partial charge < -0.3 is 4.74 Å². The van der Waals surface area contributed by atoms with Gasteiger partial charge in [0.2, 0.25) is 5.88 Å². The van der Waals surface area contributed by atoms with Crippen LogP contribution in [0.25, 0.3) is 0 Å². The summed E-state index contributed by atoms with van der Waals surface area (Å²) in [5.41, 5.74) is 2.00. The van der Waals surface area contributed by atoms with Crippen molar-refractivity contribution in [3.8, 4) is 11.6 Å². The number of aryl methyl sites for hydroxylation is 2. The van der Waals surface area contributed by atoms with E-state index >= 15 is 0 Å². The highest BCUT2D eigenvalue weighted by molar-refractivity contribution is 9.10. The molecule has 0 saturated carbocycles. The van der Waals surface area contributed by atoms with E-state index < -0.39 is 0 Å². The summed E-state index contributed by atoms with van der Waals surface area (Å²) < 4.78 is 6.64. The Morgan fingerprint density at radius 1 is 1.06 bits per heavy atom. The van der Waals surface area contributed by atoms with Gasteiger partial charge in [0.15, 0.2) is 0 Å². The first-order valence-electron chi connectivity index (χ1n) is 4.89. The molecule has 0 aliphatic rings. The average molecular weight is 279 g/mol. The number of ether oxygens (including phenoxy) is 1. The van der Waals surface area contributed by atoms with E-state index in [-0.39, 0.29) is 0 Å². The van der Waals surface area contributed by atoms with Crippen molar-refractivity contribution in [1.82, 2.24) is 10.2 Å². The van der Waals surface area contributed by atoms with E-state index in [0.29, 0.717) is 5.88 Å². The Kier molecular flexibility index (Phi) is 3.19. The SMILES string of the molecule is Cc1ccc(Oc2ccc(Br)c(C)c2)nn1. The zero-order valence-electron chi connectivity index (χ0n) is 9.07. The molecule has 1 heterocycles. The van der Waals surface area contributed by atoms with Gasteiger partial charge in [0.05, 0.1) is 5.69 Å². The van der Waals surface area contributed by atoms with Crippen molar-refractivity contribution in [2.75, 3.05) is 0 Å². The fourth-order valence-electron chi connectivity index (χ4n) is 1.24. The lowest BCUT2D eigenvalue weighted by molar-refractivity contribution is 0.454. The minimum atomic E-state index is 0.507. The summed E-state index contributed by atoms with van der Waals surface area (Å²) in [6.07, 6.45) is 0. The molecule has 1 aromatic heterocycles. The van der Waals surface area contributed by atoms with Gasteiger partial charge in [-0.05, 0) is 43.7 Å². The van der Waals surface area contributed by atoms with E-state index in [1.165, 1.54) is 0 Å². The Balaban J connectivity index is 2.20. The second kappa shape index (κ2) is 4.61. The summed E-state index contributed by atoms with van der Waals surface area (Å²) in [5, 5.41) is 7.87. The molecule has 0 aliphatic heterocycles. The molecule has 0 unspecified atom stereocenters. The molecule has 0 atom stereocenters. The molecule has 3 nitrogen and oxygen atoms in total. The normalized spacial score (nSPS) is 10.2. The molecule has 0 radical (unpaired) electrons. The van der Waals surface area contributed by atoms with Gasteiger partial charge in [0.1, 0.15) is 5.75 Å². The Hall–Kier alpha value is -1.42. The van der Waals surface area contributed by atoms with Gasteiger partial charge in [0, 0.05) is 10.5 Å². The number of hydrogen-bond acceptors (Lipinski definition) is 3. The van der Waals surface area contributed by atoms with Gasteiger partial charge in [-0.2, -0.15) is 5.10 Å². The fourth-order valence-corrected chi connectivity index (χ4v) is 1.49. The molecule has 1 aromatic carbocycles. The number of benzene rings is 1. The predicted octanol–water partition coefficient (Wildman–Crippen LogP) is 3.65. The molecular formula is C12H11BrN2O. The van der Waals surface area contributed by atoms with Crippen LogP contribution in [0, 0.1) is 13.8 Å². The first-order valence-corrected chi connectivity index (χ1v) is 5.69. The molecule has 16 heavy (non-hydrogen) atoms. The van der Waals surface area contributed by atoms with Crippen molar-refractivity contribution < 1.29 is 4.74 Å². The van der Waals surface area contributed by atoms with Gasteiger partial charge in [-0.3, -0.25) is 0 Å². The zero-order valence-corrected chi connectivity index (χ0v) is 10.7. The molecule has 82 valence electrons. The van der Waals surface area contributed by atoms with Crippen molar-refractivity contribution in [2.24, 2.45) is 0 Å². The third-order valence-electron chi connectivity index (χ3n) is 2.13. The lowest BCUT2D eigenvalue weighted by Crippen LogP contribution is -1.92. The van der Waals surface area contributed by atoms with Gasteiger partial charge in [-0.1, -0.05) is 15.9 Å². The van der Waals surface area contributed by atoms with Crippen molar-refractivity contribution in [1.29, 1.82) is 0 Å². The molecule has 2 aromatic rings. The quantitative estimate of drug-likeness (QED) is 0.841. The van der Waals surface area contributed by atoms with Crippen LogP contribution < -0.4 is 4.74 Å². The highest BCUT2D eigenvalue weighted by Gasteiger charge is 2.01. The predicted molar refractivity (Wildman–Crippen MR) is 65.7 cm³/mol. The van der Waals surface area contributed by atoms with E-state index in [2.05, 4.69) is 26.1 Å². The molecule has 2 rings (SSSR count). The minimum Gasteiger partial charge on any atom is -0.438 e. The third kappa shape index (κ3) is 2.58. The Morgan fingerprint density at radius 3 is 2.50 bits per heavy atom. The largest absolute Gasteiger partial charge is 0.438 e. The summed E-state index contributed by atoms with van der Waals surface area (Å²) in [6, 6.07) is 9.46. The maximum absolute atomic E-state index is 5.57. The summed E-state index contributed by atoms with van der Waals surface area (Å²) in [7, 11) is 0. The molecule has 0 spiro atoms. The van der Waals surface area contributed by atoms with Crippen molar-refractivity contribution in [3.05, 3.63) is 46.1 Å². The zero-order chi connectivity index (χ0) is 11.5. The van der Waals surface area contributed by atoms with Gasteiger partial charge in [-0.25, -0.2) is 0 Å². The van der Waals surface area contributed by atoms with E-state index in [4.69, 9.17) is 4.74 Å². The van der Waals surface area contributed by atoms with Gasteiger partial charge >= 0.3 is 0 Å². The van der Waals surface area contributed by atoms with Crippen LogP contribution in [0.4, 0.5) is 0 Å². The van der Waals surface area contributed by atoms with Crippen molar-refractivity contribution in [2.45, 2.75) is 13.8 Å². The number of aromatic nitrogens is 2. The summed E-state index contributed by atoms with van der Waals surface area (Å²) in [5.74, 6) is 1.27. The number of halogens is 1. The summed E-state index contributed by atoms with van der Waals surface area (Å²) in [6.45, 7) is 3.90. The van der Waals surface area contributed by atoms with Crippen LogP contribution in [0.3, 0.4) is 0 Å². The van der Waals surface area contributed by atoms with Crippen LogP contribution in [0.2, 0.25) is 0 Å². The highest BCUT2D eigenvalue weighted by Crippen LogP contribution is 2.24. The van der Waals surface area contributed by atoms with E-state index in [9.17, 15) is 0 Å². The highest BCUT2D eigenvalue weighted by atomic mass is 79.9. The first-order chi connectivity index (χ1) is 7.65. The standard InChI is InChI=1S/C12H11BrN2O/c1-8-7-10(4-5-11(8)13)16-12-6-3-9(2)14-15-12/h3-7H,1-2H3. The van der Waals surface area contributed by atoms with Crippen molar-refractivity contribution in [3.63, 3.8) is 0 Å². The second-order valence-electron chi connectivity index (χ2n) is 3.53. The molecule has 0 aliphatic carbocycles. The maximum atomic E-state index is 5.57. The fraction of sp³-hybridized carbons (Fsp3) is 0.167. The molecule has 0 amide bonds. The molecule has 0 N–H and O–H groups in total. The average Bonchev–Trinajstić information content (AvgIpc) is 2.27. The smallest absolute Gasteiger partial charge is 0.238 e. The van der Waals surface area contributed by atoms with E-state index in [1.807, 2.05) is 38.1 Å². The number of rotatable bonds is 2. The molecule has 0 fully saturated rings. The first kappa shape index (κ1) is 11.1.